The molecule has 0 atom stereocenters. The summed E-state index contributed by atoms with van der Waals surface area (Å²) in [4.78, 5) is 4.09. The lowest BCUT2D eigenvalue weighted by atomic mass is 10.2. The van der Waals surface area contributed by atoms with Gasteiger partial charge in [0.2, 0.25) is 5.96 Å². The van der Waals surface area contributed by atoms with Crippen molar-refractivity contribution in [2.45, 2.75) is 25.4 Å². The maximum Gasteiger partial charge on any atom is 0.206 e. The van der Waals surface area contributed by atoms with Crippen LogP contribution in [0.1, 0.15) is 18.4 Å². The molecule has 0 aromatic heterocycles. The van der Waals surface area contributed by atoms with Gasteiger partial charge in [0.15, 0.2) is 0 Å². The second-order valence-electron chi connectivity index (χ2n) is 3.96. The molecule has 0 amide bonds. The molecule has 1 fully saturated rings. The fourth-order valence-electron chi connectivity index (χ4n) is 1.37. The van der Waals surface area contributed by atoms with Crippen LogP contribution in [0.15, 0.2) is 23.2 Å². The number of hydrogen-bond donors (Lipinski definition) is 3. The number of nitrogens with zero attached hydrogens (tertiary/aromatic N) is 1. The summed E-state index contributed by atoms with van der Waals surface area (Å²) in [5.41, 5.74) is 2.75. The molecule has 0 unspecified atom stereocenters. The lowest BCUT2D eigenvalue weighted by molar-refractivity contribution is 0.572. The summed E-state index contributed by atoms with van der Waals surface area (Å²) in [7, 11) is 0. The first kappa shape index (κ1) is 11.8. The average Bonchev–Trinajstić information content (AvgIpc) is 3.10. The number of halogens is 2. The minimum absolute atomic E-state index is 0.116. The van der Waals surface area contributed by atoms with Crippen molar-refractivity contribution in [2.24, 2.45) is 10.8 Å². The SMILES string of the molecule is NNC(=NCc1ccc(F)cc1F)NC1CC1. The summed E-state index contributed by atoms with van der Waals surface area (Å²) >= 11 is 0. The largest absolute Gasteiger partial charge is 0.353 e. The molecule has 4 N–H and O–H groups in total. The molecule has 0 spiro atoms. The Hall–Kier alpha value is -1.69. The molecule has 0 aliphatic heterocycles. The first-order valence-corrected chi connectivity index (χ1v) is 5.40. The Bertz CT molecular complexity index is 429. The van der Waals surface area contributed by atoms with Crippen molar-refractivity contribution in [3.05, 3.63) is 35.4 Å². The maximum absolute atomic E-state index is 13.3. The zero-order valence-corrected chi connectivity index (χ0v) is 9.21. The van der Waals surface area contributed by atoms with Crippen LogP contribution >= 0.6 is 0 Å². The number of benzene rings is 1. The molecular weight excluding hydrogens is 226 g/mol. The Morgan fingerprint density at radius 1 is 1.41 bits per heavy atom. The molecule has 92 valence electrons. The topological polar surface area (TPSA) is 62.4 Å². The quantitative estimate of drug-likeness (QED) is 0.320. The van der Waals surface area contributed by atoms with Gasteiger partial charge in [-0.15, -0.1) is 0 Å². The number of rotatable bonds is 3. The Labute approximate surface area is 97.9 Å². The summed E-state index contributed by atoms with van der Waals surface area (Å²) in [6, 6.07) is 3.83. The third-order valence-corrected chi connectivity index (χ3v) is 2.48. The maximum atomic E-state index is 13.3. The van der Waals surface area contributed by atoms with Crippen molar-refractivity contribution >= 4 is 5.96 Å². The van der Waals surface area contributed by atoms with E-state index in [2.05, 4.69) is 15.7 Å². The van der Waals surface area contributed by atoms with Crippen LogP contribution in [0, 0.1) is 11.6 Å². The predicted molar refractivity (Wildman–Crippen MR) is 61.0 cm³/mol. The van der Waals surface area contributed by atoms with E-state index in [9.17, 15) is 8.78 Å². The van der Waals surface area contributed by atoms with Crippen LogP contribution in [0.5, 0.6) is 0 Å². The third-order valence-electron chi connectivity index (χ3n) is 2.48. The van der Waals surface area contributed by atoms with Crippen LogP contribution in [-0.4, -0.2) is 12.0 Å². The predicted octanol–water partition coefficient (Wildman–Crippen LogP) is 1.04. The Kier molecular flexibility index (Phi) is 3.53. The van der Waals surface area contributed by atoms with Crippen LogP contribution in [0.4, 0.5) is 8.78 Å². The van der Waals surface area contributed by atoms with Crippen LogP contribution < -0.4 is 16.6 Å². The zero-order chi connectivity index (χ0) is 12.3. The standard InChI is InChI=1S/C11H14F2N4/c12-8-2-1-7(10(13)5-8)6-15-11(17-14)16-9-3-4-9/h1-2,5,9H,3-4,6,14H2,(H2,15,16,17). The van der Waals surface area contributed by atoms with Gasteiger partial charge < -0.3 is 5.32 Å². The average molecular weight is 240 g/mol. The van der Waals surface area contributed by atoms with E-state index in [1.54, 1.807) is 0 Å². The molecule has 0 saturated heterocycles. The smallest absolute Gasteiger partial charge is 0.206 e. The highest BCUT2D eigenvalue weighted by atomic mass is 19.1. The lowest BCUT2D eigenvalue weighted by Crippen LogP contribution is -2.42. The Morgan fingerprint density at radius 2 is 2.18 bits per heavy atom. The van der Waals surface area contributed by atoms with Gasteiger partial charge in [0.25, 0.3) is 0 Å². The minimum atomic E-state index is -0.600. The van der Waals surface area contributed by atoms with Crippen LogP contribution in [0.3, 0.4) is 0 Å². The van der Waals surface area contributed by atoms with Gasteiger partial charge >= 0.3 is 0 Å². The lowest BCUT2D eigenvalue weighted by Gasteiger charge is -2.07. The molecule has 1 aliphatic carbocycles. The summed E-state index contributed by atoms with van der Waals surface area (Å²) in [6.45, 7) is 0.116. The molecule has 4 nitrogen and oxygen atoms in total. The first-order valence-electron chi connectivity index (χ1n) is 5.40. The summed E-state index contributed by atoms with van der Waals surface area (Å²) in [5.74, 6) is 4.51. The minimum Gasteiger partial charge on any atom is -0.353 e. The molecule has 0 heterocycles. The molecule has 2 rings (SSSR count). The normalized spacial score (nSPS) is 15.8. The van der Waals surface area contributed by atoms with Crippen molar-refractivity contribution in [3.8, 4) is 0 Å². The molecule has 1 saturated carbocycles. The Balaban J connectivity index is 2.00. The second-order valence-corrected chi connectivity index (χ2v) is 3.96. The van der Waals surface area contributed by atoms with E-state index in [4.69, 9.17) is 5.84 Å². The van der Waals surface area contributed by atoms with Crippen molar-refractivity contribution in [1.82, 2.24) is 10.7 Å². The molecule has 1 aliphatic rings. The highest BCUT2D eigenvalue weighted by Gasteiger charge is 2.21. The first-order chi connectivity index (χ1) is 8.19. The van der Waals surface area contributed by atoms with Crippen LogP contribution in [0.2, 0.25) is 0 Å². The van der Waals surface area contributed by atoms with Gasteiger partial charge in [0.1, 0.15) is 11.6 Å². The van der Waals surface area contributed by atoms with Gasteiger partial charge in [-0.1, -0.05) is 6.07 Å². The van der Waals surface area contributed by atoms with Gasteiger partial charge in [-0.25, -0.2) is 19.6 Å². The van der Waals surface area contributed by atoms with E-state index >= 15 is 0 Å². The number of nitrogens with one attached hydrogen (secondary N) is 2. The number of nitrogens with two attached hydrogens (primary N) is 1. The van der Waals surface area contributed by atoms with Gasteiger partial charge in [0, 0.05) is 17.7 Å². The van der Waals surface area contributed by atoms with Crippen LogP contribution in [-0.2, 0) is 6.54 Å². The molecule has 1 aromatic carbocycles. The van der Waals surface area contributed by atoms with Gasteiger partial charge in [-0.3, -0.25) is 5.43 Å². The summed E-state index contributed by atoms with van der Waals surface area (Å²) < 4.78 is 26.0. The van der Waals surface area contributed by atoms with E-state index in [1.807, 2.05) is 0 Å². The molecule has 1 aromatic rings. The molecule has 6 heteroatoms. The Morgan fingerprint density at radius 3 is 2.76 bits per heavy atom. The zero-order valence-electron chi connectivity index (χ0n) is 9.21. The number of hydrogen-bond acceptors (Lipinski definition) is 2. The van der Waals surface area contributed by atoms with Crippen molar-refractivity contribution in [1.29, 1.82) is 0 Å². The highest BCUT2D eigenvalue weighted by molar-refractivity contribution is 5.79. The van der Waals surface area contributed by atoms with E-state index in [0.717, 1.165) is 18.9 Å². The summed E-state index contributed by atoms with van der Waals surface area (Å²) in [6.07, 6.45) is 2.18. The van der Waals surface area contributed by atoms with Crippen molar-refractivity contribution < 1.29 is 8.78 Å². The van der Waals surface area contributed by atoms with E-state index < -0.39 is 11.6 Å². The monoisotopic (exact) mass is 240 g/mol. The van der Waals surface area contributed by atoms with E-state index in [-0.39, 0.29) is 6.54 Å². The van der Waals surface area contributed by atoms with Gasteiger partial charge in [-0.05, 0) is 18.9 Å². The van der Waals surface area contributed by atoms with Gasteiger partial charge in [-0.2, -0.15) is 0 Å². The molecular formula is C11H14F2N4. The highest BCUT2D eigenvalue weighted by Crippen LogP contribution is 2.18. The number of guanidine groups is 1. The number of hydrazine groups is 1. The van der Waals surface area contributed by atoms with Crippen LogP contribution in [0.25, 0.3) is 0 Å². The fourth-order valence-corrected chi connectivity index (χ4v) is 1.37. The van der Waals surface area contributed by atoms with Gasteiger partial charge in [0.05, 0.1) is 6.54 Å². The third kappa shape index (κ3) is 3.39. The van der Waals surface area contributed by atoms with Crippen molar-refractivity contribution in [3.63, 3.8) is 0 Å². The second kappa shape index (κ2) is 5.09. The van der Waals surface area contributed by atoms with E-state index in [1.165, 1.54) is 12.1 Å². The van der Waals surface area contributed by atoms with E-state index in [0.29, 0.717) is 17.6 Å². The molecule has 0 radical (unpaired) electrons. The summed E-state index contributed by atoms with van der Waals surface area (Å²) in [5, 5.41) is 3.06. The molecule has 17 heavy (non-hydrogen) atoms. The number of aliphatic imine (C=N–C) groups is 1. The van der Waals surface area contributed by atoms with Crippen molar-refractivity contribution in [2.75, 3.05) is 0 Å². The fraction of sp³-hybridized carbons (Fsp3) is 0.364. The molecule has 0 bridgehead atoms.